The minimum absolute atomic E-state index is 0.0113. The molecule has 0 saturated heterocycles. The molecular formula is C20H27N3O2. The zero-order valence-corrected chi connectivity index (χ0v) is 15.1. The van der Waals surface area contributed by atoms with E-state index < -0.39 is 0 Å². The van der Waals surface area contributed by atoms with E-state index in [0.29, 0.717) is 18.8 Å². The summed E-state index contributed by atoms with van der Waals surface area (Å²) in [7, 11) is 0. The molecule has 1 aromatic carbocycles. The third-order valence-electron chi connectivity index (χ3n) is 5.24. The Morgan fingerprint density at radius 2 is 1.92 bits per heavy atom. The molecule has 2 amide bonds. The van der Waals surface area contributed by atoms with Crippen molar-refractivity contribution < 1.29 is 9.59 Å². The maximum Gasteiger partial charge on any atom is 0.243 e. The van der Waals surface area contributed by atoms with Crippen LogP contribution < -0.4 is 5.32 Å². The van der Waals surface area contributed by atoms with E-state index in [4.69, 9.17) is 0 Å². The van der Waals surface area contributed by atoms with Crippen molar-refractivity contribution in [1.82, 2.24) is 10.3 Å². The molecule has 1 N–H and O–H groups in total. The van der Waals surface area contributed by atoms with Crippen molar-refractivity contribution in [3.8, 4) is 0 Å². The Morgan fingerprint density at radius 3 is 2.64 bits per heavy atom. The van der Waals surface area contributed by atoms with E-state index in [9.17, 15) is 9.59 Å². The molecule has 0 unspecified atom stereocenters. The van der Waals surface area contributed by atoms with Crippen LogP contribution in [0.3, 0.4) is 0 Å². The Labute approximate surface area is 149 Å². The van der Waals surface area contributed by atoms with Gasteiger partial charge in [-0.15, -0.1) is 0 Å². The fraction of sp³-hybridized carbons (Fsp3) is 0.550. The second-order valence-electron chi connectivity index (χ2n) is 7.30. The van der Waals surface area contributed by atoms with Crippen LogP contribution in [0, 0.1) is 12.8 Å². The molecule has 1 aromatic rings. The van der Waals surface area contributed by atoms with Crippen molar-refractivity contribution in [2.24, 2.45) is 11.0 Å². The van der Waals surface area contributed by atoms with Gasteiger partial charge in [-0.25, -0.2) is 5.01 Å². The molecule has 2 atom stereocenters. The topological polar surface area (TPSA) is 61.8 Å². The van der Waals surface area contributed by atoms with E-state index in [1.165, 1.54) is 17.0 Å². The van der Waals surface area contributed by atoms with Gasteiger partial charge in [0.15, 0.2) is 0 Å². The minimum Gasteiger partial charge on any atom is -0.351 e. The average molecular weight is 341 g/mol. The molecule has 25 heavy (non-hydrogen) atoms. The summed E-state index contributed by atoms with van der Waals surface area (Å²) in [5.41, 5.74) is 3.08. The number of nitrogens with one attached hydrogen (secondary N) is 1. The highest BCUT2D eigenvalue weighted by Gasteiger charge is 2.26. The number of rotatable bonds is 4. The zero-order chi connectivity index (χ0) is 17.8. The lowest BCUT2D eigenvalue weighted by atomic mass is 9.86. The number of benzene rings is 1. The highest BCUT2D eigenvalue weighted by Crippen LogP contribution is 2.23. The normalized spacial score (nSPS) is 24.0. The van der Waals surface area contributed by atoms with Crippen LogP contribution >= 0.6 is 0 Å². The molecule has 134 valence electrons. The molecule has 0 bridgehead atoms. The standard InChI is InChI=1S/C20H27N3O2/c1-14-7-9-16(10-8-14)18-11-12-20(25)23(22-18)13-19(24)21-17-6-4-3-5-15(17)2/h7-10,15,17H,3-6,11-13H2,1-2H3,(H,21,24)/t15-,17-/m0/s1. The Hall–Kier alpha value is -2.17. The number of nitrogens with zero attached hydrogens (tertiary/aromatic N) is 2. The quantitative estimate of drug-likeness (QED) is 0.915. The first-order chi connectivity index (χ1) is 12.0. The second-order valence-corrected chi connectivity index (χ2v) is 7.30. The van der Waals surface area contributed by atoms with E-state index in [-0.39, 0.29) is 24.4 Å². The molecule has 3 rings (SSSR count). The van der Waals surface area contributed by atoms with Crippen LogP contribution in [0.15, 0.2) is 29.4 Å². The van der Waals surface area contributed by atoms with Crippen LogP contribution in [0.1, 0.15) is 56.6 Å². The van der Waals surface area contributed by atoms with Gasteiger partial charge in [-0.3, -0.25) is 9.59 Å². The van der Waals surface area contributed by atoms with Gasteiger partial charge in [0.05, 0.1) is 5.71 Å². The first-order valence-electron chi connectivity index (χ1n) is 9.27. The van der Waals surface area contributed by atoms with Crippen molar-refractivity contribution in [3.05, 3.63) is 35.4 Å². The van der Waals surface area contributed by atoms with Crippen LogP contribution in [-0.2, 0) is 9.59 Å². The molecular weight excluding hydrogens is 314 g/mol. The number of amides is 2. The molecule has 1 aliphatic carbocycles. The Bertz CT molecular complexity index is 666. The lowest BCUT2D eigenvalue weighted by Gasteiger charge is -2.30. The SMILES string of the molecule is Cc1ccc(C2=NN(CC(=O)N[C@H]3CCCC[C@@H]3C)C(=O)CC2)cc1. The van der Waals surface area contributed by atoms with Gasteiger partial charge in [0.1, 0.15) is 6.54 Å². The molecule has 1 aliphatic heterocycles. The van der Waals surface area contributed by atoms with Crippen molar-refractivity contribution >= 4 is 17.5 Å². The first kappa shape index (κ1) is 17.6. The van der Waals surface area contributed by atoms with Gasteiger partial charge in [0, 0.05) is 18.9 Å². The van der Waals surface area contributed by atoms with Crippen LogP contribution in [0.5, 0.6) is 0 Å². The predicted octanol–water partition coefficient (Wildman–Crippen LogP) is 3.02. The zero-order valence-electron chi connectivity index (χ0n) is 15.1. The summed E-state index contributed by atoms with van der Waals surface area (Å²) in [6, 6.07) is 8.34. The maximum atomic E-state index is 12.4. The second kappa shape index (κ2) is 7.81. The summed E-state index contributed by atoms with van der Waals surface area (Å²) in [5, 5.41) is 8.89. The molecule has 5 nitrogen and oxygen atoms in total. The smallest absolute Gasteiger partial charge is 0.243 e. The molecule has 0 aromatic heterocycles. The van der Waals surface area contributed by atoms with Crippen LogP contribution in [0.2, 0.25) is 0 Å². The van der Waals surface area contributed by atoms with Crippen LogP contribution in [0.25, 0.3) is 0 Å². The Morgan fingerprint density at radius 1 is 1.20 bits per heavy atom. The summed E-state index contributed by atoms with van der Waals surface area (Å²) >= 11 is 0. The van der Waals surface area contributed by atoms with Gasteiger partial charge in [-0.1, -0.05) is 49.6 Å². The van der Waals surface area contributed by atoms with E-state index >= 15 is 0 Å². The highest BCUT2D eigenvalue weighted by molar-refractivity contribution is 6.04. The monoisotopic (exact) mass is 341 g/mol. The van der Waals surface area contributed by atoms with Crippen LogP contribution in [0.4, 0.5) is 0 Å². The van der Waals surface area contributed by atoms with Gasteiger partial charge in [-0.05, 0) is 31.2 Å². The van der Waals surface area contributed by atoms with Crippen molar-refractivity contribution in [3.63, 3.8) is 0 Å². The van der Waals surface area contributed by atoms with Crippen LogP contribution in [-0.4, -0.2) is 35.1 Å². The van der Waals surface area contributed by atoms with Gasteiger partial charge in [0.2, 0.25) is 11.8 Å². The molecule has 1 saturated carbocycles. The lowest BCUT2D eigenvalue weighted by Crippen LogP contribution is -2.46. The van der Waals surface area contributed by atoms with Crippen molar-refractivity contribution in [2.45, 2.75) is 58.4 Å². The Balaban J connectivity index is 1.65. The predicted molar refractivity (Wildman–Crippen MR) is 98.2 cm³/mol. The minimum atomic E-state index is -0.110. The van der Waals surface area contributed by atoms with Gasteiger partial charge >= 0.3 is 0 Å². The highest BCUT2D eigenvalue weighted by atomic mass is 16.2. The average Bonchev–Trinajstić information content (AvgIpc) is 2.60. The molecule has 0 radical (unpaired) electrons. The molecule has 1 heterocycles. The maximum absolute atomic E-state index is 12.4. The third-order valence-corrected chi connectivity index (χ3v) is 5.24. The fourth-order valence-electron chi connectivity index (χ4n) is 3.60. The number of carbonyl (C=O) groups is 2. The molecule has 1 fully saturated rings. The number of carbonyl (C=O) groups excluding carboxylic acids is 2. The number of hydrazone groups is 1. The number of aryl methyl sites for hydroxylation is 1. The third kappa shape index (κ3) is 4.47. The number of hydrogen-bond acceptors (Lipinski definition) is 3. The lowest BCUT2D eigenvalue weighted by molar-refractivity contribution is -0.136. The Kier molecular flexibility index (Phi) is 5.51. The van der Waals surface area contributed by atoms with E-state index in [1.807, 2.05) is 31.2 Å². The van der Waals surface area contributed by atoms with Gasteiger partial charge in [-0.2, -0.15) is 5.10 Å². The summed E-state index contributed by atoms with van der Waals surface area (Å²) in [5.74, 6) is 0.310. The van der Waals surface area contributed by atoms with Crippen molar-refractivity contribution in [1.29, 1.82) is 0 Å². The van der Waals surface area contributed by atoms with E-state index in [0.717, 1.165) is 30.5 Å². The fourth-order valence-corrected chi connectivity index (χ4v) is 3.60. The summed E-state index contributed by atoms with van der Waals surface area (Å²) in [6.45, 7) is 4.24. The van der Waals surface area contributed by atoms with Gasteiger partial charge < -0.3 is 5.32 Å². The summed E-state index contributed by atoms with van der Waals surface area (Å²) in [6.07, 6.45) is 5.61. The van der Waals surface area contributed by atoms with E-state index in [1.54, 1.807) is 0 Å². The van der Waals surface area contributed by atoms with Crippen molar-refractivity contribution in [2.75, 3.05) is 6.54 Å². The molecule has 0 spiro atoms. The summed E-state index contributed by atoms with van der Waals surface area (Å²) in [4.78, 5) is 24.5. The van der Waals surface area contributed by atoms with Gasteiger partial charge in [0.25, 0.3) is 0 Å². The first-order valence-corrected chi connectivity index (χ1v) is 9.27. The number of hydrogen-bond donors (Lipinski definition) is 1. The van der Waals surface area contributed by atoms with E-state index in [2.05, 4.69) is 17.3 Å². The largest absolute Gasteiger partial charge is 0.351 e. The summed E-state index contributed by atoms with van der Waals surface area (Å²) < 4.78 is 0. The molecule has 5 heteroatoms. The molecule has 2 aliphatic rings.